The third-order valence-corrected chi connectivity index (χ3v) is 4.38. The summed E-state index contributed by atoms with van der Waals surface area (Å²) in [6.07, 6.45) is 6.60. The van der Waals surface area contributed by atoms with Gasteiger partial charge in [0.25, 0.3) is 0 Å². The Kier molecular flexibility index (Phi) is 4.87. The number of nitrogens with zero attached hydrogens (tertiary/aromatic N) is 1. The van der Waals surface area contributed by atoms with Crippen LogP contribution in [0.2, 0.25) is 0 Å². The molecule has 0 radical (unpaired) electrons. The maximum Gasteiger partial charge on any atom is 0.0314 e. The number of nitrogens with two attached hydrogens (primary N) is 1. The fourth-order valence-electron chi connectivity index (χ4n) is 3.53. The summed E-state index contributed by atoms with van der Waals surface area (Å²) < 4.78 is 0. The van der Waals surface area contributed by atoms with E-state index in [0.717, 1.165) is 12.1 Å². The molecule has 2 heteroatoms. The van der Waals surface area contributed by atoms with E-state index in [1.807, 2.05) is 12.1 Å². The standard InChI is InChI=1S/C17H28N2/c1-3-10-17(11-4-2)13-19(14-17)12-9-15-5-7-16(18)8-6-15/h5-8H,3-4,9-14,18H2,1-2H3. The first kappa shape index (κ1) is 14.4. The van der Waals surface area contributed by atoms with Gasteiger partial charge in [-0.15, -0.1) is 0 Å². The highest BCUT2D eigenvalue weighted by atomic mass is 15.2. The number of likely N-dealkylation sites (tertiary alicyclic amines) is 1. The molecule has 0 spiro atoms. The first-order valence-corrected chi connectivity index (χ1v) is 7.74. The van der Waals surface area contributed by atoms with Gasteiger partial charge in [0.05, 0.1) is 0 Å². The Balaban J connectivity index is 1.76. The zero-order valence-electron chi connectivity index (χ0n) is 12.5. The van der Waals surface area contributed by atoms with Crippen LogP contribution in [0, 0.1) is 5.41 Å². The number of nitrogen functional groups attached to an aromatic ring is 1. The van der Waals surface area contributed by atoms with Gasteiger partial charge in [0.2, 0.25) is 0 Å². The molecule has 1 aliphatic heterocycles. The SMILES string of the molecule is CCCC1(CCC)CN(CCc2ccc(N)cc2)C1. The van der Waals surface area contributed by atoms with Crippen LogP contribution < -0.4 is 5.73 Å². The van der Waals surface area contributed by atoms with E-state index in [9.17, 15) is 0 Å². The highest BCUT2D eigenvalue weighted by molar-refractivity contribution is 5.39. The van der Waals surface area contributed by atoms with E-state index >= 15 is 0 Å². The van der Waals surface area contributed by atoms with Crippen LogP contribution in [0.15, 0.2) is 24.3 Å². The van der Waals surface area contributed by atoms with E-state index in [4.69, 9.17) is 5.73 Å². The van der Waals surface area contributed by atoms with E-state index in [1.165, 1.54) is 50.9 Å². The van der Waals surface area contributed by atoms with Crippen LogP contribution in [0.4, 0.5) is 5.69 Å². The quantitative estimate of drug-likeness (QED) is 0.757. The fourth-order valence-corrected chi connectivity index (χ4v) is 3.53. The molecule has 1 saturated heterocycles. The van der Waals surface area contributed by atoms with Crippen molar-refractivity contribution in [1.29, 1.82) is 0 Å². The van der Waals surface area contributed by atoms with Gasteiger partial charge >= 0.3 is 0 Å². The molecule has 1 aromatic carbocycles. The maximum absolute atomic E-state index is 5.71. The van der Waals surface area contributed by atoms with Crippen LogP contribution in [-0.4, -0.2) is 24.5 Å². The minimum Gasteiger partial charge on any atom is -0.399 e. The molecule has 0 aliphatic carbocycles. The molecule has 0 atom stereocenters. The van der Waals surface area contributed by atoms with Gasteiger partial charge in [-0.1, -0.05) is 38.8 Å². The second-order valence-electron chi connectivity index (χ2n) is 6.20. The average molecular weight is 260 g/mol. The van der Waals surface area contributed by atoms with Crippen molar-refractivity contribution in [2.75, 3.05) is 25.4 Å². The molecule has 1 aliphatic rings. The third-order valence-electron chi connectivity index (χ3n) is 4.38. The number of hydrogen-bond acceptors (Lipinski definition) is 2. The molecular formula is C17H28N2. The van der Waals surface area contributed by atoms with E-state index in [2.05, 4.69) is 30.9 Å². The van der Waals surface area contributed by atoms with Crippen molar-refractivity contribution in [3.05, 3.63) is 29.8 Å². The summed E-state index contributed by atoms with van der Waals surface area (Å²) in [5.41, 5.74) is 8.61. The number of benzene rings is 1. The zero-order chi connectivity index (χ0) is 13.7. The fraction of sp³-hybridized carbons (Fsp3) is 0.647. The van der Waals surface area contributed by atoms with Crippen LogP contribution in [0.3, 0.4) is 0 Å². The van der Waals surface area contributed by atoms with Gasteiger partial charge in [0, 0.05) is 25.3 Å². The predicted molar refractivity (Wildman–Crippen MR) is 83.2 cm³/mol. The summed E-state index contributed by atoms with van der Waals surface area (Å²) in [6.45, 7) is 8.44. The van der Waals surface area contributed by atoms with Crippen LogP contribution >= 0.6 is 0 Å². The third kappa shape index (κ3) is 3.73. The molecule has 106 valence electrons. The Labute approximate surface area is 118 Å². The molecule has 0 aromatic heterocycles. The molecule has 2 N–H and O–H groups in total. The summed E-state index contributed by atoms with van der Waals surface area (Å²) in [5.74, 6) is 0. The second kappa shape index (κ2) is 6.42. The van der Waals surface area contributed by atoms with Gasteiger partial charge in [0.1, 0.15) is 0 Å². The Bertz CT molecular complexity index is 369. The predicted octanol–water partition coefficient (Wildman–Crippen LogP) is 3.71. The maximum atomic E-state index is 5.71. The normalized spacial score (nSPS) is 18.2. The van der Waals surface area contributed by atoms with Crippen molar-refractivity contribution >= 4 is 5.69 Å². The molecule has 0 amide bonds. The largest absolute Gasteiger partial charge is 0.399 e. The summed E-state index contributed by atoms with van der Waals surface area (Å²) in [6, 6.07) is 8.31. The van der Waals surface area contributed by atoms with Crippen molar-refractivity contribution < 1.29 is 0 Å². The first-order valence-electron chi connectivity index (χ1n) is 7.74. The lowest BCUT2D eigenvalue weighted by molar-refractivity contribution is -0.0134. The monoisotopic (exact) mass is 260 g/mol. The average Bonchev–Trinajstić information content (AvgIpc) is 2.36. The summed E-state index contributed by atoms with van der Waals surface area (Å²) in [5, 5.41) is 0. The van der Waals surface area contributed by atoms with Crippen molar-refractivity contribution in [3.8, 4) is 0 Å². The summed E-state index contributed by atoms with van der Waals surface area (Å²) in [7, 11) is 0. The minimum absolute atomic E-state index is 0.643. The van der Waals surface area contributed by atoms with Crippen LogP contribution in [-0.2, 0) is 6.42 Å². The van der Waals surface area contributed by atoms with Gasteiger partial charge < -0.3 is 10.6 Å². The minimum atomic E-state index is 0.643. The smallest absolute Gasteiger partial charge is 0.0314 e. The van der Waals surface area contributed by atoms with Crippen molar-refractivity contribution in [2.45, 2.75) is 46.0 Å². The van der Waals surface area contributed by atoms with Crippen molar-refractivity contribution in [1.82, 2.24) is 4.90 Å². The van der Waals surface area contributed by atoms with Gasteiger partial charge in [-0.2, -0.15) is 0 Å². The van der Waals surface area contributed by atoms with E-state index in [0.29, 0.717) is 5.41 Å². The summed E-state index contributed by atoms with van der Waals surface area (Å²) in [4.78, 5) is 2.61. The summed E-state index contributed by atoms with van der Waals surface area (Å²) >= 11 is 0. The zero-order valence-corrected chi connectivity index (χ0v) is 12.5. The Hall–Kier alpha value is -1.02. The van der Waals surface area contributed by atoms with Crippen molar-refractivity contribution in [2.24, 2.45) is 5.41 Å². The topological polar surface area (TPSA) is 29.3 Å². The molecule has 2 nitrogen and oxygen atoms in total. The highest BCUT2D eigenvalue weighted by Gasteiger charge is 2.40. The molecule has 19 heavy (non-hydrogen) atoms. The molecule has 1 aromatic rings. The number of hydrogen-bond donors (Lipinski definition) is 1. The molecule has 2 rings (SSSR count). The molecular weight excluding hydrogens is 232 g/mol. The molecule has 0 bridgehead atoms. The van der Waals surface area contributed by atoms with E-state index in [-0.39, 0.29) is 0 Å². The highest BCUT2D eigenvalue weighted by Crippen LogP contribution is 2.39. The van der Waals surface area contributed by atoms with Crippen LogP contribution in [0.1, 0.15) is 45.1 Å². The molecule has 1 heterocycles. The number of anilines is 1. The van der Waals surface area contributed by atoms with E-state index in [1.54, 1.807) is 0 Å². The van der Waals surface area contributed by atoms with Crippen LogP contribution in [0.5, 0.6) is 0 Å². The Morgan fingerprint density at radius 1 is 1.05 bits per heavy atom. The molecule has 0 saturated carbocycles. The van der Waals surface area contributed by atoms with Gasteiger partial charge in [0.15, 0.2) is 0 Å². The van der Waals surface area contributed by atoms with E-state index < -0.39 is 0 Å². The molecule has 0 unspecified atom stereocenters. The van der Waals surface area contributed by atoms with Crippen molar-refractivity contribution in [3.63, 3.8) is 0 Å². The van der Waals surface area contributed by atoms with Crippen LogP contribution in [0.25, 0.3) is 0 Å². The molecule has 1 fully saturated rings. The Morgan fingerprint density at radius 3 is 2.16 bits per heavy atom. The lowest BCUT2D eigenvalue weighted by Crippen LogP contribution is -2.56. The van der Waals surface area contributed by atoms with Gasteiger partial charge in [-0.25, -0.2) is 0 Å². The van der Waals surface area contributed by atoms with Gasteiger partial charge in [-0.05, 0) is 42.4 Å². The lowest BCUT2D eigenvalue weighted by atomic mass is 9.72. The lowest BCUT2D eigenvalue weighted by Gasteiger charge is -2.51. The first-order chi connectivity index (χ1) is 9.17. The Morgan fingerprint density at radius 2 is 1.63 bits per heavy atom. The second-order valence-corrected chi connectivity index (χ2v) is 6.20. The van der Waals surface area contributed by atoms with Gasteiger partial charge in [-0.3, -0.25) is 0 Å². The number of rotatable bonds is 7.